The van der Waals surface area contributed by atoms with Crippen LogP contribution in [0.4, 0.5) is 0 Å². The summed E-state index contributed by atoms with van der Waals surface area (Å²) < 4.78 is 0. The van der Waals surface area contributed by atoms with Crippen LogP contribution in [0.25, 0.3) is 0 Å². The van der Waals surface area contributed by atoms with E-state index >= 15 is 0 Å². The van der Waals surface area contributed by atoms with Crippen LogP contribution in [0.5, 0.6) is 0 Å². The van der Waals surface area contributed by atoms with Gasteiger partial charge in [0.2, 0.25) is 5.91 Å². The minimum atomic E-state index is -1.93. The van der Waals surface area contributed by atoms with Crippen molar-refractivity contribution in [2.24, 2.45) is 0 Å². The lowest BCUT2D eigenvalue weighted by Crippen LogP contribution is -2.46. The van der Waals surface area contributed by atoms with Gasteiger partial charge in [0, 0.05) is 6.42 Å². The molecule has 1 aromatic carbocycles. The average molecular weight is 279 g/mol. The Labute approximate surface area is 118 Å². The van der Waals surface area contributed by atoms with Gasteiger partial charge < -0.3 is 15.5 Å². The van der Waals surface area contributed by atoms with Gasteiger partial charge in [0.25, 0.3) is 0 Å². The predicted molar refractivity (Wildman–Crippen MR) is 75.4 cm³/mol. The summed E-state index contributed by atoms with van der Waals surface area (Å²) in [6.45, 7) is 2.94. The Hall–Kier alpha value is -1.88. The molecular weight excluding hydrogens is 258 g/mol. The molecule has 0 saturated heterocycles. The largest absolute Gasteiger partial charge is 0.479 e. The van der Waals surface area contributed by atoms with Crippen LogP contribution in [0.3, 0.4) is 0 Å². The summed E-state index contributed by atoms with van der Waals surface area (Å²) in [5.74, 6) is -1.63. The van der Waals surface area contributed by atoms with Crippen molar-refractivity contribution in [2.45, 2.75) is 38.7 Å². The van der Waals surface area contributed by atoms with Crippen LogP contribution in [0, 0.1) is 0 Å². The van der Waals surface area contributed by atoms with Gasteiger partial charge >= 0.3 is 5.97 Å². The van der Waals surface area contributed by atoms with E-state index in [1.165, 1.54) is 5.56 Å². The first kappa shape index (κ1) is 16.2. The third-order valence-electron chi connectivity index (χ3n) is 3.16. The topological polar surface area (TPSA) is 86.6 Å². The predicted octanol–water partition coefficient (Wildman–Crippen LogP) is 1.13. The molecule has 0 fully saturated rings. The number of aliphatic carboxylic acids is 1. The molecule has 110 valence electrons. The van der Waals surface area contributed by atoms with E-state index in [9.17, 15) is 14.7 Å². The molecule has 1 atom stereocenters. The second-order valence-corrected chi connectivity index (χ2v) is 5.03. The standard InChI is InChI=1S/C15H21NO4/c1-3-11-4-6-12(7-5-11)8-9-13(17)16-10-15(2,20)14(18)19/h4-7,20H,3,8-10H2,1-2H3,(H,16,17)(H,18,19). The maximum absolute atomic E-state index is 11.6. The Kier molecular flexibility index (Phi) is 5.70. The van der Waals surface area contributed by atoms with Crippen LogP contribution in [0.15, 0.2) is 24.3 Å². The van der Waals surface area contributed by atoms with Gasteiger partial charge in [-0.3, -0.25) is 4.79 Å². The summed E-state index contributed by atoms with van der Waals surface area (Å²) >= 11 is 0. The SMILES string of the molecule is CCc1ccc(CCC(=O)NCC(C)(O)C(=O)O)cc1. The zero-order valence-corrected chi connectivity index (χ0v) is 11.8. The van der Waals surface area contributed by atoms with E-state index in [2.05, 4.69) is 12.2 Å². The first-order valence-corrected chi connectivity index (χ1v) is 6.65. The monoisotopic (exact) mass is 279 g/mol. The molecule has 1 rings (SSSR count). The maximum atomic E-state index is 11.6. The first-order chi connectivity index (χ1) is 9.35. The van der Waals surface area contributed by atoms with Crippen LogP contribution < -0.4 is 5.32 Å². The highest BCUT2D eigenvalue weighted by molar-refractivity contribution is 5.80. The Balaban J connectivity index is 2.38. The maximum Gasteiger partial charge on any atom is 0.337 e. The summed E-state index contributed by atoms with van der Waals surface area (Å²) in [7, 11) is 0. The van der Waals surface area contributed by atoms with Crippen LogP contribution >= 0.6 is 0 Å². The first-order valence-electron chi connectivity index (χ1n) is 6.65. The van der Waals surface area contributed by atoms with Crippen LogP contribution in [-0.2, 0) is 22.4 Å². The van der Waals surface area contributed by atoms with E-state index < -0.39 is 11.6 Å². The molecule has 0 spiro atoms. The summed E-state index contributed by atoms with van der Waals surface area (Å²) in [6.07, 6.45) is 1.83. The molecule has 0 heterocycles. The van der Waals surface area contributed by atoms with E-state index in [0.29, 0.717) is 6.42 Å². The zero-order valence-electron chi connectivity index (χ0n) is 11.8. The van der Waals surface area contributed by atoms with Gasteiger partial charge in [0.05, 0.1) is 6.54 Å². The molecule has 0 aliphatic rings. The molecule has 0 aliphatic carbocycles. The Morgan fingerprint density at radius 2 is 1.75 bits per heavy atom. The fourth-order valence-electron chi connectivity index (χ4n) is 1.63. The summed E-state index contributed by atoms with van der Waals surface area (Å²) in [4.78, 5) is 22.3. The van der Waals surface area contributed by atoms with Gasteiger partial charge in [-0.1, -0.05) is 31.2 Å². The fraction of sp³-hybridized carbons (Fsp3) is 0.467. The van der Waals surface area contributed by atoms with Crippen LogP contribution in [-0.4, -0.2) is 34.2 Å². The number of nitrogens with one attached hydrogen (secondary N) is 1. The molecule has 1 aromatic rings. The normalized spacial score (nSPS) is 13.6. The highest BCUT2D eigenvalue weighted by atomic mass is 16.4. The number of rotatable bonds is 7. The molecule has 1 amide bonds. The van der Waals surface area contributed by atoms with E-state index in [4.69, 9.17) is 5.11 Å². The Morgan fingerprint density at radius 3 is 2.25 bits per heavy atom. The lowest BCUT2D eigenvalue weighted by Gasteiger charge is -2.18. The number of carboxylic acid groups (broad SMARTS) is 1. The number of carboxylic acids is 1. The Morgan fingerprint density at radius 1 is 1.20 bits per heavy atom. The number of aryl methyl sites for hydroxylation is 2. The minimum Gasteiger partial charge on any atom is -0.479 e. The van der Waals surface area contributed by atoms with Crippen molar-refractivity contribution < 1.29 is 19.8 Å². The molecular formula is C15H21NO4. The number of hydrogen-bond donors (Lipinski definition) is 3. The zero-order chi connectivity index (χ0) is 15.2. The second kappa shape index (κ2) is 7.05. The Bertz CT molecular complexity index is 465. The van der Waals surface area contributed by atoms with Gasteiger partial charge in [0.1, 0.15) is 0 Å². The third-order valence-corrected chi connectivity index (χ3v) is 3.16. The van der Waals surface area contributed by atoms with E-state index in [-0.39, 0.29) is 18.9 Å². The molecule has 5 heteroatoms. The molecule has 0 aliphatic heterocycles. The second-order valence-electron chi connectivity index (χ2n) is 5.03. The van der Waals surface area contributed by atoms with Gasteiger partial charge in [-0.05, 0) is 30.9 Å². The fourth-order valence-corrected chi connectivity index (χ4v) is 1.63. The summed E-state index contributed by atoms with van der Waals surface area (Å²) in [5.41, 5.74) is 0.372. The van der Waals surface area contributed by atoms with Crippen molar-refractivity contribution in [1.82, 2.24) is 5.32 Å². The van der Waals surface area contributed by atoms with Gasteiger partial charge in [-0.15, -0.1) is 0 Å². The number of hydrogen-bond acceptors (Lipinski definition) is 3. The van der Waals surface area contributed by atoms with Crippen molar-refractivity contribution in [3.05, 3.63) is 35.4 Å². The van der Waals surface area contributed by atoms with Crippen molar-refractivity contribution in [3.8, 4) is 0 Å². The number of carbonyl (C=O) groups is 2. The van der Waals surface area contributed by atoms with Crippen LogP contribution in [0.2, 0.25) is 0 Å². The molecule has 0 radical (unpaired) electrons. The third kappa shape index (κ3) is 5.01. The van der Waals surface area contributed by atoms with Crippen molar-refractivity contribution in [2.75, 3.05) is 6.54 Å². The average Bonchev–Trinajstić information content (AvgIpc) is 2.43. The van der Waals surface area contributed by atoms with Gasteiger partial charge in [-0.2, -0.15) is 0 Å². The molecule has 1 unspecified atom stereocenters. The lowest BCUT2D eigenvalue weighted by atomic mass is 10.1. The molecule has 0 aromatic heterocycles. The van der Waals surface area contributed by atoms with Crippen LogP contribution in [0.1, 0.15) is 31.4 Å². The summed E-state index contributed by atoms with van der Waals surface area (Å²) in [6, 6.07) is 8.03. The lowest BCUT2D eigenvalue weighted by molar-refractivity contribution is -0.156. The molecule has 20 heavy (non-hydrogen) atoms. The number of benzene rings is 1. The van der Waals surface area contributed by atoms with Crippen molar-refractivity contribution >= 4 is 11.9 Å². The van der Waals surface area contributed by atoms with Crippen molar-refractivity contribution in [3.63, 3.8) is 0 Å². The van der Waals surface area contributed by atoms with Gasteiger partial charge in [-0.25, -0.2) is 4.79 Å². The smallest absolute Gasteiger partial charge is 0.337 e. The minimum absolute atomic E-state index is 0.265. The number of amides is 1. The van der Waals surface area contributed by atoms with Crippen molar-refractivity contribution in [1.29, 1.82) is 0 Å². The number of carbonyl (C=O) groups excluding carboxylic acids is 1. The molecule has 0 bridgehead atoms. The van der Waals surface area contributed by atoms with Gasteiger partial charge in [0.15, 0.2) is 5.60 Å². The summed E-state index contributed by atoms with van der Waals surface area (Å²) in [5, 5.41) is 20.6. The quantitative estimate of drug-likeness (QED) is 0.698. The van der Waals surface area contributed by atoms with E-state index in [0.717, 1.165) is 18.9 Å². The highest BCUT2D eigenvalue weighted by Crippen LogP contribution is 2.07. The van der Waals surface area contributed by atoms with E-state index in [1.54, 1.807) is 0 Å². The molecule has 5 nitrogen and oxygen atoms in total. The molecule has 3 N–H and O–H groups in total. The van der Waals surface area contributed by atoms with E-state index in [1.807, 2.05) is 24.3 Å². The molecule has 0 saturated carbocycles. The number of aliphatic hydroxyl groups is 1. The highest BCUT2D eigenvalue weighted by Gasteiger charge is 2.30.